The maximum Gasteiger partial charge on any atom is 0.274 e. The number of ether oxygens (including phenoxy) is 1. The third-order valence-electron chi connectivity index (χ3n) is 3.59. The molecule has 1 N–H and O–H groups in total. The summed E-state index contributed by atoms with van der Waals surface area (Å²) in [5, 5.41) is 3.16. The van der Waals surface area contributed by atoms with E-state index in [0.717, 1.165) is 40.6 Å². The Balaban J connectivity index is 1.47. The van der Waals surface area contributed by atoms with Gasteiger partial charge in [-0.3, -0.25) is 4.79 Å². The lowest BCUT2D eigenvalue weighted by Crippen LogP contribution is -2.33. The Kier molecular flexibility index (Phi) is 6.25. The van der Waals surface area contributed by atoms with Crippen LogP contribution in [0.5, 0.6) is 0 Å². The van der Waals surface area contributed by atoms with Crippen LogP contribution < -0.4 is 5.48 Å². The molecule has 0 bridgehead atoms. The Morgan fingerprint density at radius 1 is 1.42 bits per heavy atom. The third-order valence-corrected chi connectivity index (χ3v) is 5.46. The van der Waals surface area contributed by atoms with Gasteiger partial charge in [0.2, 0.25) is 0 Å². The number of amides is 1. The fourth-order valence-corrected chi connectivity index (χ4v) is 3.83. The number of hydrogen-bond donors (Lipinski definition) is 1. The summed E-state index contributed by atoms with van der Waals surface area (Å²) < 4.78 is 5.41. The standard InChI is InChI=1S/C17H20N2O3S2/c1-12-18-14(10-23-12)11-24-15-7-5-13(6-8-15)17(20)19-22-16-4-2-3-9-21-16/h5-8,10,16H,2-4,9,11H2,1H3,(H,19,20)/t16-/m0/s1. The van der Waals surface area contributed by atoms with Crippen molar-refractivity contribution >= 4 is 29.0 Å². The molecule has 1 aliphatic rings. The van der Waals surface area contributed by atoms with Gasteiger partial charge in [0.25, 0.3) is 5.91 Å². The van der Waals surface area contributed by atoms with Crippen LogP contribution in [-0.4, -0.2) is 23.8 Å². The zero-order valence-corrected chi connectivity index (χ0v) is 15.1. The van der Waals surface area contributed by atoms with Crippen molar-refractivity contribution in [2.24, 2.45) is 0 Å². The number of hydrogen-bond acceptors (Lipinski definition) is 6. The van der Waals surface area contributed by atoms with Gasteiger partial charge in [-0.2, -0.15) is 0 Å². The van der Waals surface area contributed by atoms with Crippen LogP contribution in [-0.2, 0) is 15.3 Å². The van der Waals surface area contributed by atoms with Crippen molar-refractivity contribution in [2.45, 2.75) is 43.1 Å². The number of carbonyl (C=O) groups excluding carboxylic acids is 1. The molecular formula is C17H20N2O3S2. The van der Waals surface area contributed by atoms with Gasteiger partial charge < -0.3 is 4.74 Å². The highest BCUT2D eigenvalue weighted by atomic mass is 32.2. The molecular weight excluding hydrogens is 344 g/mol. The smallest absolute Gasteiger partial charge is 0.274 e. The monoisotopic (exact) mass is 364 g/mol. The van der Waals surface area contributed by atoms with Crippen LogP contribution in [0.1, 0.15) is 40.3 Å². The number of hydroxylamine groups is 1. The normalized spacial score (nSPS) is 17.6. The summed E-state index contributed by atoms with van der Waals surface area (Å²) >= 11 is 3.37. The predicted molar refractivity (Wildman–Crippen MR) is 95.0 cm³/mol. The van der Waals surface area contributed by atoms with Gasteiger partial charge in [-0.05, 0) is 44.0 Å². The average Bonchev–Trinajstić information content (AvgIpc) is 3.04. The molecule has 0 aliphatic carbocycles. The summed E-state index contributed by atoms with van der Waals surface area (Å²) in [6.45, 7) is 2.69. The van der Waals surface area contributed by atoms with E-state index in [-0.39, 0.29) is 12.2 Å². The number of nitrogens with zero attached hydrogens (tertiary/aromatic N) is 1. The van der Waals surface area contributed by atoms with Crippen LogP contribution in [0.15, 0.2) is 34.5 Å². The van der Waals surface area contributed by atoms with E-state index in [1.54, 1.807) is 35.2 Å². The molecule has 1 saturated heterocycles. The Labute approximate surface area is 149 Å². The first-order chi connectivity index (χ1) is 11.7. The van der Waals surface area contributed by atoms with E-state index in [1.807, 2.05) is 19.1 Å². The first-order valence-electron chi connectivity index (χ1n) is 7.92. The van der Waals surface area contributed by atoms with Gasteiger partial charge in [-0.1, -0.05) is 0 Å². The molecule has 1 aliphatic heterocycles. The zero-order chi connectivity index (χ0) is 16.8. The number of thiazole rings is 1. The van der Waals surface area contributed by atoms with Crippen LogP contribution in [0.2, 0.25) is 0 Å². The lowest BCUT2D eigenvalue weighted by molar-refractivity contribution is -0.186. The number of rotatable bonds is 6. The van der Waals surface area contributed by atoms with Crippen molar-refractivity contribution in [1.29, 1.82) is 0 Å². The highest BCUT2D eigenvalue weighted by Crippen LogP contribution is 2.24. The van der Waals surface area contributed by atoms with Gasteiger partial charge in [0.1, 0.15) is 0 Å². The summed E-state index contributed by atoms with van der Waals surface area (Å²) in [5.74, 6) is 0.578. The Morgan fingerprint density at radius 3 is 2.92 bits per heavy atom. The van der Waals surface area contributed by atoms with Crippen LogP contribution >= 0.6 is 23.1 Å². The molecule has 1 fully saturated rings. The minimum Gasteiger partial charge on any atom is -0.350 e. The molecule has 0 spiro atoms. The minimum atomic E-state index is -0.334. The van der Waals surface area contributed by atoms with Crippen LogP contribution in [0.25, 0.3) is 0 Å². The molecule has 1 amide bonds. The zero-order valence-electron chi connectivity index (χ0n) is 13.5. The largest absolute Gasteiger partial charge is 0.350 e. The molecule has 1 aromatic heterocycles. The topological polar surface area (TPSA) is 60.5 Å². The van der Waals surface area contributed by atoms with Crippen LogP contribution in [0.4, 0.5) is 0 Å². The van der Waals surface area contributed by atoms with Crippen molar-refractivity contribution in [2.75, 3.05) is 6.61 Å². The molecule has 0 saturated carbocycles. The first-order valence-corrected chi connectivity index (χ1v) is 9.79. The lowest BCUT2D eigenvalue weighted by atomic mass is 10.2. The Hall–Kier alpha value is -1.41. The molecule has 0 radical (unpaired) electrons. The van der Waals surface area contributed by atoms with Gasteiger partial charge in [-0.15, -0.1) is 23.1 Å². The molecule has 1 aromatic carbocycles. The molecule has 3 rings (SSSR count). The highest BCUT2D eigenvalue weighted by Gasteiger charge is 2.16. The van der Waals surface area contributed by atoms with E-state index in [1.165, 1.54) is 0 Å². The maximum absolute atomic E-state index is 12.1. The number of carbonyl (C=O) groups is 1. The van der Waals surface area contributed by atoms with Crippen molar-refractivity contribution in [3.63, 3.8) is 0 Å². The Bertz CT molecular complexity index is 667. The predicted octanol–water partition coefficient (Wildman–Crippen LogP) is 3.93. The van der Waals surface area contributed by atoms with Gasteiger partial charge in [0, 0.05) is 34.6 Å². The SMILES string of the molecule is Cc1nc(CSc2ccc(C(=O)NO[C@H]3CCCCO3)cc2)cs1. The molecule has 7 heteroatoms. The highest BCUT2D eigenvalue weighted by molar-refractivity contribution is 7.98. The maximum atomic E-state index is 12.1. The van der Waals surface area contributed by atoms with Crippen molar-refractivity contribution in [3.8, 4) is 0 Å². The van der Waals surface area contributed by atoms with Gasteiger partial charge >= 0.3 is 0 Å². The summed E-state index contributed by atoms with van der Waals surface area (Å²) in [7, 11) is 0. The lowest BCUT2D eigenvalue weighted by Gasteiger charge is -2.22. The van der Waals surface area contributed by atoms with Crippen molar-refractivity contribution < 1.29 is 14.4 Å². The summed E-state index contributed by atoms with van der Waals surface area (Å²) in [4.78, 5) is 22.9. The van der Waals surface area contributed by atoms with E-state index in [9.17, 15) is 4.79 Å². The van der Waals surface area contributed by atoms with Gasteiger partial charge in [0.05, 0.1) is 10.7 Å². The quantitative estimate of drug-likeness (QED) is 0.622. The molecule has 24 heavy (non-hydrogen) atoms. The van der Waals surface area contributed by atoms with Gasteiger partial charge in [0.15, 0.2) is 6.29 Å². The minimum absolute atomic E-state index is 0.254. The fourth-order valence-electron chi connectivity index (χ4n) is 2.32. The van der Waals surface area contributed by atoms with E-state index < -0.39 is 0 Å². The van der Waals surface area contributed by atoms with Gasteiger partial charge in [-0.25, -0.2) is 15.3 Å². The molecule has 2 aromatic rings. The van der Waals surface area contributed by atoms with Crippen molar-refractivity contribution in [3.05, 3.63) is 45.9 Å². The van der Waals surface area contributed by atoms with Crippen LogP contribution in [0.3, 0.4) is 0 Å². The molecule has 1 atom stereocenters. The molecule has 5 nitrogen and oxygen atoms in total. The number of aromatic nitrogens is 1. The number of thioether (sulfide) groups is 1. The second-order valence-electron chi connectivity index (χ2n) is 5.52. The van der Waals surface area contributed by atoms with Crippen LogP contribution in [0, 0.1) is 6.92 Å². The van der Waals surface area contributed by atoms with E-state index >= 15 is 0 Å². The van der Waals surface area contributed by atoms with E-state index in [2.05, 4.69) is 15.8 Å². The Morgan fingerprint density at radius 2 is 2.25 bits per heavy atom. The first kappa shape index (κ1) is 17.4. The average molecular weight is 364 g/mol. The second kappa shape index (κ2) is 8.62. The molecule has 0 unspecified atom stereocenters. The summed E-state index contributed by atoms with van der Waals surface area (Å²) in [5.41, 5.74) is 4.13. The fraction of sp³-hybridized carbons (Fsp3) is 0.412. The summed E-state index contributed by atoms with van der Waals surface area (Å²) in [6, 6.07) is 7.48. The molecule has 2 heterocycles. The third kappa shape index (κ3) is 5.04. The summed E-state index contributed by atoms with van der Waals surface area (Å²) in [6.07, 6.45) is 2.59. The molecule has 128 valence electrons. The number of nitrogens with one attached hydrogen (secondary N) is 1. The van der Waals surface area contributed by atoms with Crippen molar-refractivity contribution in [1.82, 2.24) is 10.5 Å². The van der Waals surface area contributed by atoms with E-state index in [4.69, 9.17) is 9.57 Å². The second-order valence-corrected chi connectivity index (χ2v) is 7.63. The number of aryl methyl sites for hydroxylation is 1. The number of benzene rings is 1. The van der Waals surface area contributed by atoms with E-state index in [0.29, 0.717) is 12.2 Å².